The van der Waals surface area contributed by atoms with E-state index in [1.54, 1.807) is 0 Å². The van der Waals surface area contributed by atoms with Gasteiger partial charge in [0.2, 0.25) is 0 Å². The molecular formula is C28H27NO2. The van der Waals surface area contributed by atoms with Crippen LogP contribution in [-0.4, -0.2) is 4.57 Å². The van der Waals surface area contributed by atoms with E-state index in [4.69, 9.17) is 4.74 Å². The molecule has 0 saturated carbocycles. The summed E-state index contributed by atoms with van der Waals surface area (Å²) in [5, 5.41) is 1.83. The van der Waals surface area contributed by atoms with E-state index in [1.165, 1.54) is 5.56 Å². The second-order valence-corrected chi connectivity index (χ2v) is 8.49. The summed E-state index contributed by atoms with van der Waals surface area (Å²) in [5.74, 6) is 0. The zero-order valence-corrected chi connectivity index (χ0v) is 18.1. The van der Waals surface area contributed by atoms with Crippen molar-refractivity contribution in [3.63, 3.8) is 0 Å². The number of aryl methyl sites for hydroxylation is 2. The Balaban J connectivity index is 1.74. The normalized spacial score (nSPS) is 15.7. The molecule has 1 unspecified atom stereocenters. The molecule has 1 atom stereocenters. The standard InChI is InChI=1S/C28H27NO2/c1-19-16-23-24(17-20(19)2)28(30)29-15-9-14-25(31-18-21-10-5-3-6-11-21)27(29)26(23)22-12-7-4-8-13-22/h3-8,10-13,16-17,25H,9,14-15,18H2,1-2H3. The number of ether oxygens (including phenoxy) is 1. The molecule has 2 heterocycles. The lowest BCUT2D eigenvalue weighted by atomic mass is 9.90. The number of nitrogens with zero attached hydrogens (tertiary/aromatic N) is 1. The van der Waals surface area contributed by atoms with Crippen molar-refractivity contribution >= 4 is 10.8 Å². The number of benzene rings is 3. The van der Waals surface area contributed by atoms with Crippen molar-refractivity contribution in [3.05, 3.63) is 106 Å². The Labute approximate surface area is 182 Å². The first-order chi connectivity index (χ1) is 15.1. The van der Waals surface area contributed by atoms with Crippen molar-refractivity contribution in [3.8, 4) is 11.1 Å². The van der Waals surface area contributed by atoms with Gasteiger partial charge in [0.1, 0.15) is 0 Å². The van der Waals surface area contributed by atoms with Crippen LogP contribution in [0.2, 0.25) is 0 Å². The van der Waals surface area contributed by atoms with Gasteiger partial charge in [-0.15, -0.1) is 0 Å². The van der Waals surface area contributed by atoms with E-state index in [0.717, 1.165) is 58.1 Å². The smallest absolute Gasteiger partial charge is 0.258 e. The Bertz CT molecular complexity index is 1290. The topological polar surface area (TPSA) is 31.2 Å². The zero-order chi connectivity index (χ0) is 21.4. The fourth-order valence-corrected chi connectivity index (χ4v) is 4.70. The van der Waals surface area contributed by atoms with Crippen LogP contribution in [0, 0.1) is 13.8 Å². The van der Waals surface area contributed by atoms with Gasteiger partial charge in [0, 0.05) is 17.5 Å². The van der Waals surface area contributed by atoms with Crippen molar-refractivity contribution < 1.29 is 4.74 Å². The molecule has 0 bridgehead atoms. The third kappa shape index (κ3) is 3.60. The van der Waals surface area contributed by atoms with Crippen molar-refractivity contribution in [2.75, 3.05) is 0 Å². The molecule has 3 aromatic carbocycles. The Hall–Kier alpha value is -3.17. The molecule has 1 aliphatic heterocycles. The number of hydrogen-bond acceptors (Lipinski definition) is 2. The molecule has 3 heteroatoms. The third-order valence-electron chi connectivity index (χ3n) is 6.44. The number of pyridine rings is 1. The van der Waals surface area contributed by atoms with E-state index < -0.39 is 0 Å². The second-order valence-electron chi connectivity index (χ2n) is 8.49. The van der Waals surface area contributed by atoms with Crippen LogP contribution < -0.4 is 5.56 Å². The summed E-state index contributed by atoms with van der Waals surface area (Å²) in [6, 6.07) is 24.9. The Kier molecular flexibility index (Phi) is 5.21. The van der Waals surface area contributed by atoms with E-state index in [0.29, 0.717) is 6.61 Å². The molecule has 0 spiro atoms. The predicted molar refractivity (Wildman–Crippen MR) is 126 cm³/mol. The minimum absolute atomic E-state index is 0.0980. The van der Waals surface area contributed by atoms with Gasteiger partial charge in [-0.25, -0.2) is 0 Å². The highest BCUT2D eigenvalue weighted by Gasteiger charge is 2.28. The predicted octanol–water partition coefficient (Wildman–Crippen LogP) is 6.34. The van der Waals surface area contributed by atoms with Crippen LogP contribution >= 0.6 is 0 Å². The lowest BCUT2D eigenvalue weighted by molar-refractivity contribution is 0.0188. The van der Waals surface area contributed by atoms with Gasteiger partial charge in [-0.05, 0) is 60.4 Å². The highest BCUT2D eigenvalue weighted by Crippen LogP contribution is 2.40. The minimum Gasteiger partial charge on any atom is -0.367 e. The molecule has 0 fully saturated rings. The number of fused-ring (bicyclic) bond motifs is 2. The van der Waals surface area contributed by atoms with E-state index in [-0.39, 0.29) is 11.7 Å². The highest BCUT2D eigenvalue weighted by atomic mass is 16.5. The first kappa shape index (κ1) is 19.8. The van der Waals surface area contributed by atoms with Crippen molar-refractivity contribution in [1.29, 1.82) is 0 Å². The van der Waals surface area contributed by atoms with Crippen LogP contribution in [0.15, 0.2) is 77.6 Å². The van der Waals surface area contributed by atoms with Crippen LogP contribution in [0.1, 0.15) is 41.3 Å². The molecule has 1 aliphatic rings. The molecule has 0 amide bonds. The molecule has 5 rings (SSSR count). The molecule has 4 aromatic rings. The lowest BCUT2D eigenvalue weighted by Gasteiger charge is -2.31. The minimum atomic E-state index is -0.108. The molecule has 0 saturated heterocycles. The Morgan fingerprint density at radius 3 is 2.26 bits per heavy atom. The van der Waals surface area contributed by atoms with Crippen molar-refractivity contribution in [2.24, 2.45) is 0 Å². The van der Waals surface area contributed by atoms with Gasteiger partial charge in [0.25, 0.3) is 5.56 Å². The van der Waals surface area contributed by atoms with Crippen molar-refractivity contribution in [2.45, 2.75) is 45.9 Å². The summed E-state index contributed by atoms with van der Waals surface area (Å²) in [7, 11) is 0. The second kappa shape index (κ2) is 8.16. The molecule has 156 valence electrons. The molecule has 3 nitrogen and oxygen atoms in total. The van der Waals surface area contributed by atoms with Gasteiger partial charge in [-0.1, -0.05) is 66.7 Å². The molecule has 0 aliphatic carbocycles. The quantitative estimate of drug-likeness (QED) is 0.394. The largest absolute Gasteiger partial charge is 0.367 e. The highest BCUT2D eigenvalue weighted by molar-refractivity contribution is 5.98. The maximum absolute atomic E-state index is 13.5. The fraction of sp³-hybridized carbons (Fsp3) is 0.250. The number of rotatable bonds is 4. The summed E-state index contributed by atoms with van der Waals surface area (Å²) in [6.07, 6.45) is 1.75. The van der Waals surface area contributed by atoms with E-state index in [2.05, 4.69) is 62.4 Å². The molecule has 1 aromatic heterocycles. The van der Waals surface area contributed by atoms with Gasteiger partial charge >= 0.3 is 0 Å². The Morgan fingerprint density at radius 2 is 1.55 bits per heavy atom. The zero-order valence-electron chi connectivity index (χ0n) is 18.1. The SMILES string of the molecule is Cc1cc2c(-c3ccccc3)c3n(c(=O)c2cc1C)CCCC3OCc1ccccc1. The van der Waals surface area contributed by atoms with Crippen LogP contribution in [0.3, 0.4) is 0 Å². The average Bonchev–Trinajstić information content (AvgIpc) is 2.81. The van der Waals surface area contributed by atoms with Gasteiger partial charge in [0.15, 0.2) is 0 Å². The van der Waals surface area contributed by atoms with E-state index in [1.807, 2.05) is 28.8 Å². The van der Waals surface area contributed by atoms with Crippen LogP contribution in [-0.2, 0) is 17.9 Å². The van der Waals surface area contributed by atoms with Gasteiger partial charge in [-0.3, -0.25) is 4.79 Å². The summed E-state index contributed by atoms with van der Waals surface area (Å²) in [5.41, 5.74) is 6.89. The maximum Gasteiger partial charge on any atom is 0.258 e. The lowest BCUT2D eigenvalue weighted by Crippen LogP contribution is -2.31. The summed E-state index contributed by atoms with van der Waals surface area (Å²) in [6.45, 7) is 5.47. The Morgan fingerprint density at radius 1 is 0.903 bits per heavy atom. The molecule has 0 N–H and O–H groups in total. The summed E-state index contributed by atoms with van der Waals surface area (Å²) < 4.78 is 8.43. The van der Waals surface area contributed by atoms with E-state index >= 15 is 0 Å². The number of aromatic nitrogens is 1. The first-order valence-corrected chi connectivity index (χ1v) is 11.0. The summed E-state index contributed by atoms with van der Waals surface area (Å²) >= 11 is 0. The average molecular weight is 410 g/mol. The molecular weight excluding hydrogens is 382 g/mol. The maximum atomic E-state index is 13.5. The molecule has 31 heavy (non-hydrogen) atoms. The summed E-state index contributed by atoms with van der Waals surface area (Å²) in [4.78, 5) is 13.5. The van der Waals surface area contributed by atoms with E-state index in [9.17, 15) is 4.79 Å². The van der Waals surface area contributed by atoms with Crippen molar-refractivity contribution in [1.82, 2.24) is 4.57 Å². The van der Waals surface area contributed by atoms with Gasteiger partial charge in [-0.2, -0.15) is 0 Å². The van der Waals surface area contributed by atoms with Crippen LogP contribution in [0.25, 0.3) is 21.9 Å². The first-order valence-electron chi connectivity index (χ1n) is 11.0. The monoisotopic (exact) mass is 409 g/mol. The third-order valence-corrected chi connectivity index (χ3v) is 6.44. The van der Waals surface area contributed by atoms with Crippen LogP contribution in [0.4, 0.5) is 0 Å². The molecule has 0 radical (unpaired) electrons. The van der Waals surface area contributed by atoms with Gasteiger partial charge < -0.3 is 9.30 Å². The van der Waals surface area contributed by atoms with Crippen LogP contribution in [0.5, 0.6) is 0 Å². The fourth-order valence-electron chi connectivity index (χ4n) is 4.70. The number of hydrogen-bond donors (Lipinski definition) is 0. The van der Waals surface area contributed by atoms with Gasteiger partial charge in [0.05, 0.1) is 18.4 Å².